The van der Waals surface area contributed by atoms with Crippen molar-refractivity contribution in [1.29, 1.82) is 0 Å². The quantitative estimate of drug-likeness (QED) is 0.510. The molecule has 0 aliphatic carbocycles. The number of nitrogens with one attached hydrogen (secondary N) is 1. The molecule has 0 aliphatic rings. The fourth-order valence-corrected chi connectivity index (χ4v) is 3.34. The van der Waals surface area contributed by atoms with Crippen molar-refractivity contribution in [3.63, 3.8) is 0 Å². The summed E-state index contributed by atoms with van der Waals surface area (Å²) in [7, 11) is 1.68. The number of nitrogens with zero attached hydrogens (tertiary/aromatic N) is 1. The van der Waals surface area contributed by atoms with Crippen molar-refractivity contribution in [1.82, 2.24) is 4.57 Å². The first kappa shape index (κ1) is 22.9. The molecule has 0 unspecified atom stereocenters. The van der Waals surface area contributed by atoms with E-state index in [1.54, 1.807) is 31.4 Å². The summed E-state index contributed by atoms with van der Waals surface area (Å²) in [5.74, 6) is 1.46. The molecule has 1 amide bonds. The van der Waals surface area contributed by atoms with E-state index in [2.05, 4.69) is 11.9 Å². The number of aromatic nitrogens is 1. The molecular weight excluding hydrogens is 404 g/mol. The van der Waals surface area contributed by atoms with Crippen molar-refractivity contribution >= 4 is 11.6 Å². The Hall–Kier alpha value is -3.80. The molecule has 0 atom stereocenters. The number of hydrogen-bond donors (Lipinski definition) is 1. The Balaban J connectivity index is 2.23. The van der Waals surface area contributed by atoms with E-state index in [1.807, 2.05) is 45.9 Å². The normalized spacial score (nSPS) is 10.7. The van der Waals surface area contributed by atoms with Gasteiger partial charge in [0.25, 0.3) is 5.56 Å². The lowest BCUT2D eigenvalue weighted by Gasteiger charge is -2.19. The minimum Gasteiger partial charge on any atom is -0.490 e. The van der Waals surface area contributed by atoms with E-state index in [1.165, 1.54) is 16.7 Å². The van der Waals surface area contributed by atoms with Crippen LogP contribution in [0.1, 0.15) is 25.0 Å². The van der Waals surface area contributed by atoms with E-state index < -0.39 is 0 Å². The van der Waals surface area contributed by atoms with Gasteiger partial charge in [-0.15, -0.1) is 0 Å². The molecule has 0 spiro atoms. The second-order valence-corrected chi connectivity index (χ2v) is 7.89. The summed E-state index contributed by atoms with van der Waals surface area (Å²) in [4.78, 5) is 24.2. The highest BCUT2D eigenvalue weighted by Crippen LogP contribution is 2.41. The minimum atomic E-state index is -0.321. The van der Waals surface area contributed by atoms with Gasteiger partial charge in [0.05, 0.1) is 6.10 Å². The average molecular weight is 433 g/mol. The second kappa shape index (κ2) is 9.56. The summed E-state index contributed by atoms with van der Waals surface area (Å²) >= 11 is 0. The van der Waals surface area contributed by atoms with Crippen LogP contribution >= 0.6 is 0 Å². The van der Waals surface area contributed by atoms with Crippen molar-refractivity contribution < 1.29 is 14.3 Å². The van der Waals surface area contributed by atoms with Gasteiger partial charge in [0.15, 0.2) is 0 Å². The van der Waals surface area contributed by atoms with Gasteiger partial charge < -0.3 is 19.4 Å². The highest BCUT2D eigenvalue weighted by atomic mass is 16.5. The van der Waals surface area contributed by atoms with Crippen LogP contribution in [0.5, 0.6) is 17.2 Å². The third-order valence-electron chi connectivity index (χ3n) is 4.90. The molecule has 0 saturated heterocycles. The summed E-state index contributed by atoms with van der Waals surface area (Å²) in [5, 5.41) is 2.78. The zero-order valence-corrected chi connectivity index (χ0v) is 19.1. The minimum absolute atomic E-state index is 0.132. The van der Waals surface area contributed by atoms with Gasteiger partial charge in [0.1, 0.15) is 17.2 Å². The van der Waals surface area contributed by atoms with E-state index in [-0.39, 0.29) is 17.6 Å². The lowest BCUT2D eigenvalue weighted by Crippen LogP contribution is -2.17. The molecule has 0 radical (unpaired) electrons. The smallest absolute Gasteiger partial charge is 0.254 e. The highest BCUT2D eigenvalue weighted by molar-refractivity contribution is 5.99. The molecule has 1 aromatic heterocycles. The van der Waals surface area contributed by atoms with Crippen LogP contribution in [-0.4, -0.2) is 16.6 Å². The molecular formula is C26H28N2O4. The third kappa shape index (κ3) is 5.09. The number of pyridine rings is 1. The molecule has 1 N–H and O–H groups in total. The van der Waals surface area contributed by atoms with Crippen molar-refractivity contribution in [3.8, 4) is 28.4 Å². The van der Waals surface area contributed by atoms with Crippen molar-refractivity contribution in [2.45, 2.75) is 33.8 Å². The zero-order valence-electron chi connectivity index (χ0n) is 19.1. The second-order valence-electron chi connectivity index (χ2n) is 7.89. The molecule has 3 aromatic rings. The van der Waals surface area contributed by atoms with Crippen LogP contribution in [0.2, 0.25) is 0 Å². The maximum absolute atomic E-state index is 12.3. The molecule has 0 fully saturated rings. The number of carbonyl (C=O) groups excluding carboxylic acids is 1. The standard InChI is InChI=1S/C26H28N2O4/c1-7-24(29)27-19-11-12-22(32-26-17(4)9-8-10-18(26)5)20(13-19)21-15-28(6)25(30)14-23(21)31-16(2)3/h7-16H,1H2,2-6H3,(H,27,29). The third-order valence-corrected chi connectivity index (χ3v) is 4.90. The van der Waals surface area contributed by atoms with Crippen LogP contribution < -0.4 is 20.3 Å². The number of rotatable bonds is 7. The molecule has 0 saturated carbocycles. The summed E-state index contributed by atoms with van der Waals surface area (Å²) < 4.78 is 13.8. The first-order chi connectivity index (χ1) is 15.2. The summed E-state index contributed by atoms with van der Waals surface area (Å²) in [6, 6.07) is 12.8. The van der Waals surface area contributed by atoms with Crippen molar-refractivity contribution in [2.24, 2.45) is 7.05 Å². The first-order valence-corrected chi connectivity index (χ1v) is 10.4. The fourth-order valence-electron chi connectivity index (χ4n) is 3.34. The lowest BCUT2D eigenvalue weighted by atomic mass is 10.0. The molecule has 32 heavy (non-hydrogen) atoms. The summed E-state index contributed by atoms with van der Waals surface area (Å²) in [6.45, 7) is 11.3. The highest BCUT2D eigenvalue weighted by Gasteiger charge is 2.18. The number of aryl methyl sites for hydroxylation is 3. The van der Waals surface area contributed by atoms with Gasteiger partial charge in [-0.1, -0.05) is 24.8 Å². The number of hydrogen-bond acceptors (Lipinski definition) is 4. The molecule has 6 nitrogen and oxygen atoms in total. The number of anilines is 1. The van der Waals surface area contributed by atoms with Crippen molar-refractivity contribution in [3.05, 3.63) is 82.8 Å². The maximum Gasteiger partial charge on any atom is 0.254 e. The van der Waals surface area contributed by atoms with Gasteiger partial charge in [0.2, 0.25) is 5.91 Å². The predicted molar refractivity (Wildman–Crippen MR) is 128 cm³/mol. The monoisotopic (exact) mass is 432 g/mol. The van der Waals surface area contributed by atoms with E-state index >= 15 is 0 Å². The van der Waals surface area contributed by atoms with E-state index in [0.29, 0.717) is 28.3 Å². The van der Waals surface area contributed by atoms with E-state index in [4.69, 9.17) is 9.47 Å². The topological polar surface area (TPSA) is 69.6 Å². The number of amides is 1. The van der Waals surface area contributed by atoms with Gasteiger partial charge >= 0.3 is 0 Å². The average Bonchev–Trinajstić information content (AvgIpc) is 2.73. The molecule has 2 aromatic carbocycles. The Kier molecular flexibility index (Phi) is 6.83. The van der Waals surface area contributed by atoms with Crippen molar-refractivity contribution in [2.75, 3.05) is 5.32 Å². The van der Waals surface area contributed by atoms with Gasteiger partial charge in [-0.25, -0.2) is 0 Å². The Bertz CT molecular complexity index is 1200. The molecule has 0 bridgehead atoms. The molecule has 0 aliphatic heterocycles. The van der Waals surface area contributed by atoms with Crippen LogP contribution in [0.15, 0.2) is 66.1 Å². The number of para-hydroxylation sites is 1. The summed E-state index contributed by atoms with van der Waals surface area (Å²) in [5.41, 5.74) is 3.75. The molecule has 1 heterocycles. The largest absolute Gasteiger partial charge is 0.490 e. The Morgan fingerprint density at radius 1 is 1.06 bits per heavy atom. The van der Waals surface area contributed by atoms with E-state index in [0.717, 1.165) is 16.9 Å². The van der Waals surface area contributed by atoms with Crippen LogP contribution in [0, 0.1) is 13.8 Å². The SMILES string of the molecule is C=CC(=O)Nc1ccc(Oc2c(C)cccc2C)c(-c2cn(C)c(=O)cc2OC(C)C)c1. The fraction of sp³-hybridized carbons (Fsp3) is 0.231. The van der Waals surface area contributed by atoms with Crippen LogP contribution in [-0.2, 0) is 11.8 Å². The van der Waals surface area contributed by atoms with Crippen LogP contribution in [0.4, 0.5) is 5.69 Å². The number of ether oxygens (including phenoxy) is 2. The maximum atomic E-state index is 12.3. The van der Waals surface area contributed by atoms with Gasteiger partial charge in [-0.3, -0.25) is 9.59 Å². The number of carbonyl (C=O) groups is 1. The first-order valence-electron chi connectivity index (χ1n) is 10.4. The number of benzene rings is 2. The van der Waals surface area contributed by atoms with Crippen LogP contribution in [0.3, 0.4) is 0 Å². The summed E-state index contributed by atoms with van der Waals surface area (Å²) in [6.07, 6.45) is 2.79. The zero-order chi connectivity index (χ0) is 23.4. The Morgan fingerprint density at radius 2 is 1.75 bits per heavy atom. The van der Waals surface area contributed by atoms with Gasteiger partial charge in [0, 0.05) is 36.1 Å². The van der Waals surface area contributed by atoms with E-state index in [9.17, 15) is 9.59 Å². The van der Waals surface area contributed by atoms with Gasteiger partial charge in [-0.2, -0.15) is 0 Å². The predicted octanol–water partition coefficient (Wildman–Crippen LogP) is 5.37. The molecule has 166 valence electrons. The molecule has 3 rings (SSSR count). The molecule has 6 heteroatoms. The van der Waals surface area contributed by atoms with Gasteiger partial charge in [-0.05, 0) is 63.1 Å². The Morgan fingerprint density at radius 3 is 2.38 bits per heavy atom. The van der Waals surface area contributed by atoms with Crippen LogP contribution in [0.25, 0.3) is 11.1 Å². The lowest BCUT2D eigenvalue weighted by molar-refractivity contribution is -0.111. The Labute approximate surface area is 188 Å².